The van der Waals surface area contributed by atoms with Crippen LogP contribution in [0.2, 0.25) is 0 Å². The van der Waals surface area contributed by atoms with Crippen LogP contribution in [0.3, 0.4) is 0 Å². The van der Waals surface area contributed by atoms with Gasteiger partial charge in [-0.2, -0.15) is 0 Å². The molecule has 3 amide bonds. The minimum atomic E-state index is -0.942. The second kappa shape index (κ2) is 13.6. The van der Waals surface area contributed by atoms with Crippen LogP contribution in [0, 0.1) is 5.92 Å². The highest BCUT2D eigenvalue weighted by Gasteiger charge is 2.36. The van der Waals surface area contributed by atoms with Crippen molar-refractivity contribution in [2.75, 3.05) is 19.7 Å². The zero-order valence-electron chi connectivity index (χ0n) is 21.3. The number of rotatable bonds is 11. The minimum Gasteiger partial charge on any atom is -0.466 e. The van der Waals surface area contributed by atoms with Gasteiger partial charge in [0.2, 0.25) is 11.8 Å². The van der Waals surface area contributed by atoms with Crippen LogP contribution in [0.25, 0.3) is 0 Å². The van der Waals surface area contributed by atoms with Crippen LogP contribution in [0.4, 0.5) is 4.79 Å². The molecule has 0 aliphatic heterocycles. The van der Waals surface area contributed by atoms with Crippen molar-refractivity contribution in [2.24, 2.45) is 5.92 Å². The van der Waals surface area contributed by atoms with Crippen molar-refractivity contribution in [3.63, 3.8) is 0 Å². The van der Waals surface area contributed by atoms with Crippen LogP contribution in [0.15, 0.2) is 30.3 Å². The molecule has 1 aromatic carbocycles. The van der Waals surface area contributed by atoms with Crippen molar-refractivity contribution in [1.82, 2.24) is 15.5 Å². The second-order valence-corrected chi connectivity index (χ2v) is 9.15. The Morgan fingerprint density at radius 1 is 1.03 bits per heavy atom. The first-order valence-corrected chi connectivity index (χ1v) is 11.7. The fourth-order valence-electron chi connectivity index (χ4n) is 3.32. The highest BCUT2D eigenvalue weighted by molar-refractivity contribution is 5.92. The molecule has 2 atom stereocenters. The molecule has 0 aliphatic carbocycles. The van der Waals surface area contributed by atoms with Gasteiger partial charge in [-0.15, -0.1) is 0 Å². The topological polar surface area (TPSA) is 114 Å². The van der Waals surface area contributed by atoms with E-state index in [4.69, 9.17) is 9.47 Å². The third-order valence-electron chi connectivity index (χ3n) is 4.84. The molecule has 0 fully saturated rings. The van der Waals surface area contributed by atoms with Crippen LogP contribution in [-0.4, -0.2) is 60.1 Å². The molecule has 9 nitrogen and oxygen atoms in total. The van der Waals surface area contributed by atoms with Crippen molar-refractivity contribution < 1.29 is 28.7 Å². The van der Waals surface area contributed by atoms with Crippen LogP contribution >= 0.6 is 0 Å². The van der Waals surface area contributed by atoms with E-state index in [1.54, 1.807) is 58.9 Å². The molecule has 190 valence electrons. The Morgan fingerprint density at radius 3 is 2.15 bits per heavy atom. The molecule has 0 aromatic heterocycles. The van der Waals surface area contributed by atoms with Crippen molar-refractivity contribution >= 4 is 23.9 Å². The molecule has 0 heterocycles. The molecule has 34 heavy (non-hydrogen) atoms. The molecular weight excluding hydrogens is 438 g/mol. The number of carbonyl (C=O) groups is 4. The van der Waals surface area contributed by atoms with E-state index in [9.17, 15) is 19.2 Å². The largest absolute Gasteiger partial charge is 0.466 e. The average Bonchev–Trinajstić information content (AvgIpc) is 2.74. The van der Waals surface area contributed by atoms with Gasteiger partial charge >= 0.3 is 12.1 Å². The number of alkyl carbamates (subject to hydrolysis) is 1. The minimum absolute atomic E-state index is 0.0238. The van der Waals surface area contributed by atoms with E-state index in [1.165, 1.54) is 4.90 Å². The molecule has 0 bridgehead atoms. The standard InChI is InChI=1S/C25H39N3O6/c1-8-28(23(31)20(17(3)4)27-24(32)34-25(5,6)7)21(18-13-11-10-12-14-18)22(30)26-16-15-19(29)33-9-2/h10-14,17,20-21H,8-9,15-16H2,1-7H3,(H,26,30)(H,27,32). The molecule has 9 heteroatoms. The molecule has 0 spiro atoms. The summed E-state index contributed by atoms with van der Waals surface area (Å²) in [7, 11) is 0. The summed E-state index contributed by atoms with van der Waals surface area (Å²) in [6, 6.07) is 7.07. The Kier molecular flexibility index (Phi) is 11.5. The zero-order chi connectivity index (χ0) is 25.9. The van der Waals surface area contributed by atoms with Gasteiger partial charge in [0, 0.05) is 13.1 Å². The van der Waals surface area contributed by atoms with E-state index >= 15 is 0 Å². The number of nitrogens with one attached hydrogen (secondary N) is 2. The van der Waals surface area contributed by atoms with Gasteiger partial charge in [0.25, 0.3) is 0 Å². The van der Waals surface area contributed by atoms with E-state index in [2.05, 4.69) is 10.6 Å². The van der Waals surface area contributed by atoms with Crippen LogP contribution in [-0.2, 0) is 23.9 Å². The maximum Gasteiger partial charge on any atom is 0.408 e. The van der Waals surface area contributed by atoms with Gasteiger partial charge in [-0.3, -0.25) is 14.4 Å². The number of nitrogens with zero attached hydrogens (tertiary/aromatic N) is 1. The zero-order valence-corrected chi connectivity index (χ0v) is 21.3. The number of amides is 3. The first-order valence-electron chi connectivity index (χ1n) is 11.7. The van der Waals surface area contributed by atoms with E-state index in [-0.39, 0.29) is 32.0 Å². The van der Waals surface area contributed by atoms with Crippen molar-refractivity contribution in [3.8, 4) is 0 Å². The highest BCUT2D eigenvalue weighted by Crippen LogP contribution is 2.23. The number of benzene rings is 1. The molecule has 0 radical (unpaired) electrons. The number of carbonyl (C=O) groups excluding carboxylic acids is 4. The highest BCUT2D eigenvalue weighted by atomic mass is 16.6. The van der Waals surface area contributed by atoms with E-state index in [0.717, 1.165) is 0 Å². The predicted molar refractivity (Wildman–Crippen MR) is 129 cm³/mol. The molecule has 0 aliphatic rings. The monoisotopic (exact) mass is 477 g/mol. The lowest BCUT2D eigenvalue weighted by atomic mass is 9.99. The summed E-state index contributed by atoms with van der Waals surface area (Å²) < 4.78 is 10.2. The average molecular weight is 478 g/mol. The number of likely N-dealkylation sites (N-methyl/N-ethyl adjacent to an activating group) is 1. The summed E-state index contributed by atoms with van der Waals surface area (Å²) in [5.74, 6) is -1.50. The third kappa shape index (κ3) is 9.41. The lowest BCUT2D eigenvalue weighted by molar-refractivity contribution is -0.144. The maximum atomic E-state index is 13.6. The Labute approximate surface area is 202 Å². The Bertz CT molecular complexity index is 820. The van der Waals surface area contributed by atoms with Crippen LogP contribution < -0.4 is 10.6 Å². The molecule has 2 N–H and O–H groups in total. The van der Waals surface area contributed by atoms with Gasteiger partial charge in [0.05, 0.1) is 13.0 Å². The summed E-state index contributed by atoms with van der Waals surface area (Å²) in [6.45, 7) is 12.9. The first-order chi connectivity index (χ1) is 15.9. The van der Waals surface area contributed by atoms with Gasteiger partial charge in [-0.05, 0) is 46.1 Å². The number of ether oxygens (including phenoxy) is 2. The summed E-state index contributed by atoms with van der Waals surface area (Å²) in [6.07, 6.45) is -0.679. The van der Waals surface area contributed by atoms with Gasteiger partial charge in [0.15, 0.2) is 0 Å². The number of hydrogen-bond donors (Lipinski definition) is 2. The van der Waals surface area contributed by atoms with Crippen LogP contribution in [0.5, 0.6) is 0 Å². The van der Waals surface area contributed by atoms with Crippen molar-refractivity contribution in [3.05, 3.63) is 35.9 Å². The van der Waals surface area contributed by atoms with Crippen molar-refractivity contribution in [2.45, 2.75) is 72.6 Å². The molecular formula is C25H39N3O6. The fraction of sp³-hybridized carbons (Fsp3) is 0.600. The van der Waals surface area contributed by atoms with Gasteiger partial charge in [-0.25, -0.2) is 4.79 Å². The predicted octanol–water partition coefficient (Wildman–Crippen LogP) is 3.19. The summed E-state index contributed by atoms with van der Waals surface area (Å²) in [5.41, 5.74) is -0.101. The summed E-state index contributed by atoms with van der Waals surface area (Å²) in [4.78, 5) is 52.3. The van der Waals surface area contributed by atoms with E-state index < -0.39 is 41.6 Å². The molecule has 1 aromatic rings. The Morgan fingerprint density at radius 2 is 1.65 bits per heavy atom. The normalized spacial score (nSPS) is 12.9. The van der Waals surface area contributed by atoms with Crippen LogP contribution in [0.1, 0.15) is 66.5 Å². The Hall–Kier alpha value is -3.10. The smallest absolute Gasteiger partial charge is 0.408 e. The summed E-state index contributed by atoms with van der Waals surface area (Å²) in [5, 5.41) is 5.39. The van der Waals surface area contributed by atoms with Crippen molar-refractivity contribution in [1.29, 1.82) is 0 Å². The van der Waals surface area contributed by atoms with Gasteiger partial charge in [0.1, 0.15) is 17.7 Å². The molecule has 0 saturated carbocycles. The van der Waals surface area contributed by atoms with E-state index in [0.29, 0.717) is 5.56 Å². The molecule has 2 unspecified atom stereocenters. The number of hydrogen-bond acceptors (Lipinski definition) is 6. The molecule has 0 saturated heterocycles. The molecule has 1 rings (SSSR count). The SMILES string of the molecule is CCOC(=O)CCNC(=O)C(c1ccccc1)N(CC)C(=O)C(NC(=O)OC(C)(C)C)C(C)C. The lowest BCUT2D eigenvalue weighted by Crippen LogP contribution is -2.54. The fourth-order valence-corrected chi connectivity index (χ4v) is 3.32. The lowest BCUT2D eigenvalue weighted by Gasteiger charge is -2.34. The van der Waals surface area contributed by atoms with E-state index in [1.807, 2.05) is 19.9 Å². The first kappa shape index (κ1) is 28.9. The second-order valence-electron chi connectivity index (χ2n) is 9.15. The maximum absolute atomic E-state index is 13.6. The third-order valence-corrected chi connectivity index (χ3v) is 4.84. The number of esters is 1. The quantitative estimate of drug-likeness (QED) is 0.473. The Balaban J connectivity index is 3.16. The van der Waals surface area contributed by atoms with Gasteiger partial charge < -0.3 is 25.0 Å². The van der Waals surface area contributed by atoms with Gasteiger partial charge in [-0.1, -0.05) is 44.2 Å². The summed E-state index contributed by atoms with van der Waals surface area (Å²) >= 11 is 0.